The summed E-state index contributed by atoms with van der Waals surface area (Å²) in [6.07, 6.45) is -8.87. The highest BCUT2D eigenvalue weighted by atomic mass is 35.5. The molecule has 2 N–H and O–H groups in total. The Morgan fingerprint density at radius 2 is 1.06 bits per heavy atom. The van der Waals surface area contributed by atoms with E-state index in [4.69, 9.17) is 23.2 Å². The van der Waals surface area contributed by atoms with Crippen molar-refractivity contribution in [1.29, 1.82) is 0 Å². The number of ether oxygens (including phenoxy) is 1. The third-order valence-electron chi connectivity index (χ3n) is 6.52. The van der Waals surface area contributed by atoms with E-state index in [0.29, 0.717) is 17.4 Å². The lowest BCUT2D eigenvalue weighted by Crippen LogP contribution is -2.34. The smallest absolute Gasteiger partial charge is 0.417 e. The van der Waals surface area contributed by atoms with Gasteiger partial charge in [0.1, 0.15) is 12.3 Å². The van der Waals surface area contributed by atoms with Crippen LogP contribution < -0.4 is 10.6 Å². The Balaban J connectivity index is 0.000000261. The van der Waals surface area contributed by atoms with Crippen LogP contribution in [0.25, 0.3) is 0 Å². The standard InChI is InChI=1S/C17H13ClF3NO3.C16H11ClF3NO2/c1-25-16(24)14(10-6-3-2-4-7-10)22-15(23)11-8-5-9-12(13(11)18)17(19,20)21;17-14-11(7-4-8-12(14)16(18,19)20)15(23)21-13(9-22)10-5-2-1-3-6-10/h2-9,14H,1H3,(H,22,23);1-9,13H,(H,21,23)/t14-;13-/m01/s1. The van der Waals surface area contributed by atoms with Gasteiger partial charge < -0.3 is 20.2 Å². The molecule has 0 saturated heterocycles. The predicted molar refractivity (Wildman–Crippen MR) is 164 cm³/mol. The average Bonchev–Trinajstić information content (AvgIpc) is 3.05. The van der Waals surface area contributed by atoms with E-state index in [1.807, 2.05) is 0 Å². The second kappa shape index (κ2) is 16.3. The van der Waals surface area contributed by atoms with Gasteiger partial charge in [0.15, 0.2) is 6.04 Å². The van der Waals surface area contributed by atoms with Crippen molar-refractivity contribution in [3.8, 4) is 0 Å². The molecule has 0 aliphatic rings. The molecule has 2 atom stereocenters. The summed E-state index contributed by atoms with van der Waals surface area (Å²) in [6.45, 7) is 0. The monoisotopic (exact) mass is 712 g/mol. The van der Waals surface area contributed by atoms with Gasteiger partial charge in [-0.15, -0.1) is 0 Å². The van der Waals surface area contributed by atoms with E-state index in [-0.39, 0.29) is 11.1 Å². The molecule has 0 radical (unpaired) electrons. The summed E-state index contributed by atoms with van der Waals surface area (Å²) in [7, 11) is 1.14. The van der Waals surface area contributed by atoms with Crippen LogP contribution >= 0.6 is 23.2 Å². The number of amides is 2. The first-order chi connectivity index (χ1) is 22.6. The number of hydrogen-bond donors (Lipinski definition) is 2. The molecule has 48 heavy (non-hydrogen) atoms. The van der Waals surface area contributed by atoms with Gasteiger partial charge in [0.05, 0.1) is 39.4 Å². The SMILES string of the molecule is COC(=O)[C@@H](NC(=O)c1cccc(C(F)(F)F)c1Cl)c1ccccc1.O=C[C@@H](NC(=O)c1cccc(C(F)(F)F)c1Cl)c1ccccc1. The average molecular weight is 713 g/mol. The molecule has 0 fully saturated rings. The van der Waals surface area contributed by atoms with Gasteiger partial charge in [-0.2, -0.15) is 26.3 Å². The number of hydrogen-bond acceptors (Lipinski definition) is 5. The summed E-state index contributed by atoms with van der Waals surface area (Å²) in [5.41, 5.74) is -2.03. The lowest BCUT2D eigenvalue weighted by molar-refractivity contribution is -0.143. The van der Waals surface area contributed by atoms with Gasteiger partial charge in [0, 0.05) is 0 Å². The van der Waals surface area contributed by atoms with Crippen molar-refractivity contribution < 1.29 is 50.3 Å². The zero-order chi connectivity index (χ0) is 35.6. The maximum atomic E-state index is 12.9. The lowest BCUT2D eigenvalue weighted by Gasteiger charge is -2.18. The fourth-order valence-corrected chi connectivity index (χ4v) is 4.82. The molecule has 0 unspecified atom stereocenters. The highest BCUT2D eigenvalue weighted by molar-refractivity contribution is 6.35. The van der Waals surface area contributed by atoms with Crippen LogP contribution in [0, 0.1) is 0 Å². The second-order valence-electron chi connectivity index (χ2n) is 9.67. The van der Waals surface area contributed by atoms with E-state index in [2.05, 4.69) is 15.4 Å². The first-order valence-electron chi connectivity index (χ1n) is 13.6. The summed E-state index contributed by atoms with van der Waals surface area (Å²) in [5.74, 6) is -2.54. The number of aldehydes is 1. The minimum atomic E-state index is -4.70. The molecular formula is C33H24Cl2F6N2O5. The van der Waals surface area contributed by atoms with Crippen molar-refractivity contribution in [2.45, 2.75) is 24.4 Å². The Kier molecular flexibility index (Phi) is 12.8. The first-order valence-corrected chi connectivity index (χ1v) is 14.3. The highest BCUT2D eigenvalue weighted by Crippen LogP contribution is 2.37. The summed E-state index contributed by atoms with van der Waals surface area (Å²) in [5, 5.41) is 3.28. The van der Waals surface area contributed by atoms with Crippen molar-refractivity contribution >= 4 is 47.3 Å². The number of carbonyl (C=O) groups is 4. The van der Waals surface area contributed by atoms with Crippen molar-refractivity contribution in [1.82, 2.24) is 10.6 Å². The molecule has 15 heteroatoms. The number of halogens is 8. The molecule has 0 bridgehead atoms. The second-order valence-corrected chi connectivity index (χ2v) is 10.4. The number of methoxy groups -OCH3 is 1. The van der Waals surface area contributed by atoms with Crippen LogP contribution in [0.3, 0.4) is 0 Å². The van der Waals surface area contributed by atoms with Crippen molar-refractivity contribution in [2.24, 2.45) is 0 Å². The van der Waals surface area contributed by atoms with Crippen LogP contribution in [-0.4, -0.2) is 31.2 Å². The Morgan fingerprint density at radius 1 is 0.646 bits per heavy atom. The summed E-state index contributed by atoms with van der Waals surface area (Å²) in [6, 6.07) is 20.4. The Labute approximate surface area is 279 Å². The van der Waals surface area contributed by atoms with E-state index in [1.54, 1.807) is 60.7 Å². The van der Waals surface area contributed by atoms with Crippen molar-refractivity contribution in [3.63, 3.8) is 0 Å². The van der Waals surface area contributed by atoms with E-state index < -0.39 is 63.4 Å². The molecule has 4 aromatic carbocycles. The number of benzene rings is 4. The molecule has 7 nitrogen and oxygen atoms in total. The summed E-state index contributed by atoms with van der Waals surface area (Å²) < 4.78 is 81.8. The van der Waals surface area contributed by atoms with Gasteiger partial charge in [-0.1, -0.05) is 96.0 Å². The molecule has 4 rings (SSSR count). The lowest BCUT2D eigenvalue weighted by atomic mass is 10.1. The normalized spacial score (nSPS) is 12.4. The number of alkyl halides is 6. The Morgan fingerprint density at radius 3 is 1.46 bits per heavy atom. The van der Waals surface area contributed by atoms with Crippen LogP contribution in [0.2, 0.25) is 10.0 Å². The van der Waals surface area contributed by atoms with Crippen molar-refractivity contribution in [2.75, 3.05) is 7.11 Å². The molecule has 0 aromatic heterocycles. The summed E-state index contributed by atoms with van der Waals surface area (Å²) in [4.78, 5) is 47.6. The molecule has 2 amide bonds. The minimum Gasteiger partial charge on any atom is -0.467 e. The number of carbonyl (C=O) groups excluding carboxylic acids is 4. The molecule has 252 valence electrons. The van der Waals surface area contributed by atoms with Gasteiger partial charge in [0.2, 0.25) is 0 Å². The van der Waals surface area contributed by atoms with Crippen LogP contribution in [0.15, 0.2) is 97.1 Å². The highest BCUT2D eigenvalue weighted by Gasteiger charge is 2.36. The number of nitrogens with one attached hydrogen (secondary N) is 2. The first kappa shape index (κ1) is 37.6. The quantitative estimate of drug-likeness (QED) is 0.109. The number of rotatable bonds is 8. The number of esters is 1. The van der Waals surface area contributed by atoms with Gasteiger partial charge in [0.25, 0.3) is 11.8 Å². The third kappa shape index (κ3) is 9.58. The summed E-state index contributed by atoms with van der Waals surface area (Å²) >= 11 is 11.4. The zero-order valence-electron chi connectivity index (χ0n) is 24.5. The molecular weight excluding hydrogens is 689 g/mol. The van der Waals surface area contributed by atoms with Crippen molar-refractivity contribution in [3.05, 3.63) is 140 Å². The fourth-order valence-electron chi connectivity index (χ4n) is 4.18. The van der Waals surface area contributed by atoms with Gasteiger partial charge in [-0.3, -0.25) is 9.59 Å². The van der Waals surface area contributed by atoms with E-state index >= 15 is 0 Å². The van der Waals surface area contributed by atoms with Crippen LogP contribution in [0.5, 0.6) is 0 Å². The van der Waals surface area contributed by atoms with E-state index in [0.717, 1.165) is 37.4 Å². The van der Waals surface area contributed by atoms with Gasteiger partial charge in [-0.05, 0) is 35.4 Å². The minimum absolute atomic E-state index is 0.343. The molecule has 4 aromatic rings. The maximum absolute atomic E-state index is 12.9. The van der Waals surface area contributed by atoms with Crippen LogP contribution in [0.4, 0.5) is 26.3 Å². The molecule has 0 spiro atoms. The third-order valence-corrected chi connectivity index (χ3v) is 7.34. The molecule has 0 aliphatic heterocycles. The molecule has 0 saturated carbocycles. The van der Waals surface area contributed by atoms with E-state index in [9.17, 15) is 45.5 Å². The zero-order valence-corrected chi connectivity index (χ0v) is 26.0. The Bertz CT molecular complexity index is 1750. The van der Waals surface area contributed by atoms with E-state index in [1.165, 1.54) is 6.07 Å². The largest absolute Gasteiger partial charge is 0.467 e. The predicted octanol–water partition coefficient (Wildman–Crippen LogP) is 8.03. The topological polar surface area (TPSA) is 102 Å². The van der Waals surface area contributed by atoms with Gasteiger partial charge >= 0.3 is 18.3 Å². The molecule has 0 heterocycles. The fraction of sp³-hybridized carbons (Fsp3) is 0.152. The van der Waals surface area contributed by atoms with Crippen LogP contribution in [-0.2, 0) is 26.7 Å². The Hall–Kier alpha value is -4.88. The van der Waals surface area contributed by atoms with Crippen LogP contribution in [0.1, 0.15) is 55.1 Å². The molecule has 0 aliphatic carbocycles. The maximum Gasteiger partial charge on any atom is 0.417 e. The van der Waals surface area contributed by atoms with Gasteiger partial charge in [-0.25, -0.2) is 4.79 Å².